The van der Waals surface area contributed by atoms with Crippen LogP contribution in [0.2, 0.25) is 0 Å². The van der Waals surface area contributed by atoms with Crippen LogP contribution in [0.5, 0.6) is 0 Å². The minimum absolute atomic E-state index is 0.00427. The van der Waals surface area contributed by atoms with Crippen molar-refractivity contribution in [3.63, 3.8) is 0 Å². The van der Waals surface area contributed by atoms with Crippen LogP contribution in [0.3, 0.4) is 0 Å². The average Bonchev–Trinajstić information content (AvgIpc) is 2.42. The number of likely N-dealkylation sites (tertiary alicyclic amines) is 1. The van der Waals surface area contributed by atoms with Crippen LogP contribution in [0.1, 0.15) is 52.4 Å². The molecule has 0 aromatic rings. The van der Waals surface area contributed by atoms with Crippen LogP contribution in [0.15, 0.2) is 0 Å². The van der Waals surface area contributed by atoms with E-state index >= 15 is 0 Å². The first-order valence-electron chi connectivity index (χ1n) is 7.17. The second-order valence-corrected chi connectivity index (χ2v) is 5.20. The van der Waals surface area contributed by atoms with Gasteiger partial charge in [-0.25, -0.2) is 0 Å². The van der Waals surface area contributed by atoms with Gasteiger partial charge in [-0.3, -0.25) is 9.59 Å². The quantitative estimate of drug-likeness (QED) is 0.769. The Labute approximate surface area is 114 Å². The van der Waals surface area contributed by atoms with Crippen LogP contribution in [0.25, 0.3) is 0 Å². The number of hydrogen-bond acceptors (Lipinski definition) is 3. The molecule has 1 rings (SSSR count). The van der Waals surface area contributed by atoms with E-state index < -0.39 is 5.97 Å². The Bertz CT molecular complexity index is 306. The van der Waals surface area contributed by atoms with Crippen molar-refractivity contribution < 1.29 is 19.4 Å². The number of rotatable bonds is 7. The zero-order valence-electron chi connectivity index (χ0n) is 11.9. The topological polar surface area (TPSA) is 66.8 Å². The van der Waals surface area contributed by atoms with E-state index in [4.69, 9.17) is 9.84 Å². The lowest BCUT2D eigenvalue weighted by molar-refractivity contribution is -0.143. The standard InChI is InChI=1S/C14H25NO4/c1-3-11(2)19-10-13(16)15-9-5-4-6-12(15)7-8-14(17)18/h11-12H,3-10H2,1-2H3,(H,17,18). The third kappa shape index (κ3) is 5.59. The molecule has 1 fully saturated rings. The largest absolute Gasteiger partial charge is 0.481 e. The first-order chi connectivity index (χ1) is 9.04. The fourth-order valence-corrected chi connectivity index (χ4v) is 2.33. The maximum absolute atomic E-state index is 12.1. The average molecular weight is 271 g/mol. The van der Waals surface area contributed by atoms with E-state index in [1.807, 2.05) is 18.7 Å². The second kappa shape index (κ2) is 8.15. The molecule has 5 heteroatoms. The van der Waals surface area contributed by atoms with Gasteiger partial charge < -0.3 is 14.7 Å². The Morgan fingerprint density at radius 1 is 1.42 bits per heavy atom. The summed E-state index contributed by atoms with van der Waals surface area (Å²) in [4.78, 5) is 24.6. The van der Waals surface area contributed by atoms with Crippen LogP contribution in [-0.4, -0.2) is 47.2 Å². The van der Waals surface area contributed by atoms with Crippen LogP contribution >= 0.6 is 0 Å². The Kier molecular flexibility index (Phi) is 6.84. The fraction of sp³-hybridized carbons (Fsp3) is 0.857. The van der Waals surface area contributed by atoms with Crippen LogP contribution < -0.4 is 0 Å². The number of ether oxygens (including phenoxy) is 1. The van der Waals surface area contributed by atoms with Crippen LogP contribution in [0, 0.1) is 0 Å². The SMILES string of the molecule is CCC(C)OCC(=O)N1CCCCC1CCC(=O)O. The van der Waals surface area contributed by atoms with Gasteiger partial charge in [0.25, 0.3) is 0 Å². The van der Waals surface area contributed by atoms with Crippen molar-refractivity contribution >= 4 is 11.9 Å². The van der Waals surface area contributed by atoms with Crippen molar-refractivity contribution in [3.8, 4) is 0 Å². The summed E-state index contributed by atoms with van der Waals surface area (Å²) in [6, 6.07) is 0.0675. The molecule has 0 bridgehead atoms. The minimum Gasteiger partial charge on any atom is -0.481 e. The Morgan fingerprint density at radius 3 is 2.79 bits per heavy atom. The third-order valence-corrected chi connectivity index (χ3v) is 3.71. The summed E-state index contributed by atoms with van der Waals surface area (Å²) in [5.41, 5.74) is 0. The van der Waals surface area contributed by atoms with E-state index in [9.17, 15) is 9.59 Å². The molecule has 2 atom stereocenters. The summed E-state index contributed by atoms with van der Waals surface area (Å²) in [6.45, 7) is 4.81. The molecule has 1 amide bonds. The lowest BCUT2D eigenvalue weighted by Gasteiger charge is -2.35. The number of carboxylic acids is 1. The fourth-order valence-electron chi connectivity index (χ4n) is 2.33. The maximum atomic E-state index is 12.1. The highest BCUT2D eigenvalue weighted by molar-refractivity contribution is 5.78. The smallest absolute Gasteiger partial charge is 0.303 e. The van der Waals surface area contributed by atoms with Crippen molar-refractivity contribution in [2.45, 2.75) is 64.5 Å². The molecular formula is C14H25NO4. The molecule has 0 aliphatic carbocycles. The second-order valence-electron chi connectivity index (χ2n) is 5.20. The van der Waals surface area contributed by atoms with Crippen molar-refractivity contribution in [1.82, 2.24) is 4.90 Å². The van der Waals surface area contributed by atoms with Gasteiger partial charge in [-0.1, -0.05) is 6.92 Å². The lowest BCUT2D eigenvalue weighted by Crippen LogP contribution is -2.45. The first-order valence-corrected chi connectivity index (χ1v) is 7.17. The molecule has 0 radical (unpaired) electrons. The van der Waals surface area contributed by atoms with E-state index in [1.165, 1.54) is 0 Å². The predicted octanol–water partition coefficient (Wildman–Crippen LogP) is 2.05. The molecule has 2 unspecified atom stereocenters. The van der Waals surface area contributed by atoms with Crippen molar-refractivity contribution in [3.05, 3.63) is 0 Å². The minimum atomic E-state index is -0.797. The van der Waals surface area contributed by atoms with Gasteiger partial charge in [0.1, 0.15) is 6.61 Å². The first kappa shape index (κ1) is 16.0. The van der Waals surface area contributed by atoms with Crippen LogP contribution in [-0.2, 0) is 14.3 Å². The molecule has 110 valence electrons. The lowest BCUT2D eigenvalue weighted by atomic mass is 9.98. The molecule has 1 heterocycles. The van der Waals surface area contributed by atoms with Crippen molar-refractivity contribution in [2.24, 2.45) is 0 Å². The number of piperidine rings is 1. The number of hydrogen-bond donors (Lipinski definition) is 1. The number of aliphatic carboxylic acids is 1. The summed E-state index contributed by atoms with van der Waals surface area (Å²) in [5, 5.41) is 8.75. The van der Waals surface area contributed by atoms with Gasteiger partial charge in [-0.2, -0.15) is 0 Å². The zero-order valence-corrected chi connectivity index (χ0v) is 11.9. The van der Waals surface area contributed by atoms with E-state index in [0.717, 1.165) is 32.2 Å². The third-order valence-electron chi connectivity index (χ3n) is 3.71. The summed E-state index contributed by atoms with van der Waals surface area (Å²) in [7, 11) is 0. The molecule has 1 N–H and O–H groups in total. The summed E-state index contributed by atoms with van der Waals surface area (Å²) >= 11 is 0. The van der Waals surface area contributed by atoms with Gasteiger partial charge >= 0.3 is 5.97 Å². The summed E-state index contributed by atoms with van der Waals surface area (Å²) in [5.74, 6) is -0.802. The van der Waals surface area contributed by atoms with Crippen LogP contribution in [0.4, 0.5) is 0 Å². The zero-order chi connectivity index (χ0) is 14.3. The predicted molar refractivity (Wildman–Crippen MR) is 71.9 cm³/mol. The number of carbonyl (C=O) groups excluding carboxylic acids is 1. The number of carboxylic acid groups (broad SMARTS) is 1. The molecular weight excluding hydrogens is 246 g/mol. The highest BCUT2D eigenvalue weighted by Gasteiger charge is 2.27. The summed E-state index contributed by atoms with van der Waals surface area (Å²) in [6.07, 6.45) is 4.62. The Balaban J connectivity index is 2.46. The summed E-state index contributed by atoms with van der Waals surface area (Å²) < 4.78 is 5.47. The Hall–Kier alpha value is -1.10. The molecule has 1 saturated heterocycles. The molecule has 19 heavy (non-hydrogen) atoms. The highest BCUT2D eigenvalue weighted by atomic mass is 16.5. The van der Waals surface area contributed by atoms with E-state index in [2.05, 4.69) is 0 Å². The highest BCUT2D eigenvalue weighted by Crippen LogP contribution is 2.21. The molecule has 0 spiro atoms. The molecule has 1 aliphatic rings. The van der Waals surface area contributed by atoms with Crippen molar-refractivity contribution in [2.75, 3.05) is 13.2 Å². The Morgan fingerprint density at radius 2 is 2.16 bits per heavy atom. The van der Waals surface area contributed by atoms with Gasteiger partial charge in [0.05, 0.1) is 6.10 Å². The normalized spacial score (nSPS) is 21.2. The number of amides is 1. The maximum Gasteiger partial charge on any atom is 0.303 e. The number of carbonyl (C=O) groups is 2. The molecule has 5 nitrogen and oxygen atoms in total. The van der Waals surface area contributed by atoms with E-state index in [1.54, 1.807) is 0 Å². The monoisotopic (exact) mass is 271 g/mol. The molecule has 0 aromatic carbocycles. The molecule has 0 aromatic heterocycles. The molecule has 1 aliphatic heterocycles. The van der Waals surface area contributed by atoms with Gasteiger partial charge in [-0.15, -0.1) is 0 Å². The van der Waals surface area contributed by atoms with Gasteiger partial charge in [0.15, 0.2) is 0 Å². The van der Waals surface area contributed by atoms with E-state index in [0.29, 0.717) is 6.42 Å². The van der Waals surface area contributed by atoms with Gasteiger partial charge in [-0.05, 0) is 39.0 Å². The van der Waals surface area contributed by atoms with Gasteiger partial charge in [0, 0.05) is 19.0 Å². The molecule has 0 saturated carbocycles. The number of nitrogens with zero attached hydrogens (tertiary/aromatic N) is 1. The van der Waals surface area contributed by atoms with Crippen molar-refractivity contribution in [1.29, 1.82) is 0 Å². The van der Waals surface area contributed by atoms with E-state index in [-0.39, 0.29) is 31.1 Å². The van der Waals surface area contributed by atoms with Gasteiger partial charge in [0.2, 0.25) is 5.91 Å².